The summed E-state index contributed by atoms with van der Waals surface area (Å²) in [5, 5.41) is 27.8. The maximum atomic E-state index is 14.4. The quantitative estimate of drug-likeness (QED) is 0.359. The molecule has 0 saturated heterocycles. The normalized spacial score (nSPS) is 20.9. The molecule has 1 aliphatic carbocycles. The van der Waals surface area contributed by atoms with Crippen LogP contribution in [0, 0.1) is 11.6 Å². The van der Waals surface area contributed by atoms with Gasteiger partial charge >= 0.3 is 5.97 Å². The monoisotopic (exact) mass is 498 g/mol. The van der Waals surface area contributed by atoms with Crippen molar-refractivity contribution < 1.29 is 28.5 Å². The van der Waals surface area contributed by atoms with Gasteiger partial charge in [0.2, 0.25) is 0 Å². The van der Waals surface area contributed by atoms with E-state index in [2.05, 4.69) is 10.2 Å². The minimum absolute atomic E-state index is 0.0985. The minimum Gasteiger partial charge on any atom is -0.479 e. The molecule has 0 unspecified atom stereocenters. The number of carboxylic acid groups (broad SMARTS) is 1. The number of benzene rings is 1. The van der Waals surface area contributed by atoms with E-state index in [1.165, 1.54) is 6.07 Å². The Balaban J connectivity index is 1.82. The highest BCUT2D eigenvalue weighted by atomic mass is 19.2. The first-order chi connectivity index (χ1) is 17.1. The largest absolute Gasteiger partial charge is 0.479 e. The number of pyridine rings is 1. The number of fused-ring (bicyclic) bond motifs is 2. The zero-order valence-electron chi connectivity index (χ0n) is 20.3. The molecule has 0 radical (unpaired) electrons. The molecule has 4 aromatic rings. The lowest BCUT2D eigenvalue weighted by Gasteiger charge is -2.35. The summed E-state index contributed by atoms with van der Waals surface area (Å²) in [6, 6.07) is 5.70. The van der Waals surface area contributed by atoms with Crippen molar-refractivity contribution in [2.75, 3.05) is 13.7 Å². The van der Waals surface area contributed by atoms with E-state index in [4.69, 9.17) is 9.72 Å². The molecule has 8 nitrogen and oxygen atoms in total. The van der Waals surface area contributed by atoms with Crippen LogP contribution in [0.1, 0.15) is 56.7 Å². The smallest absolute Gasteiger partial charge is 0.335 e. The molecule has 0 spiro atoms. The molecule has 3 N–H and O–H groups in total. The van der Waals surface area contributed by atoms with Crippen LogP contribution in [0.5, 0.6) is 0 Å². The highest BCUT2D eigenvalue weighted by Crippen LogP contribution is 2.47. The number of rotatable bonds is 6. The number of ether oxygens (including phenoxy) is 1. The summed E-state index contributed by atoms with van der Waals surface area (Å²) in [4.78, 5) is 16.5. The summed E-state index contributed by atoms with van der Waals surface area (Å²) in [6.45, 7) is 4.36. The van der Waals surface area contributed by atoms with Gasteiger partial charge in [-0.3, -0.25) is 5.10 Å². The van der Waals surface area contributed by atoms with Crippen LogP contribution in [0.2, 0.25) is 0 Å². The number of halogens is 2. The van der Waals surface area contributed by atoms with Crippen molar-refractivity contribution in [2.24, 2.45) is 0 Å². The maximum absolute atomic E-state index is 14.4. The van der Waals surface area contributed by atoms with Crippen molar-refractivity contribution in [2.45, 2.75) is 56.5 Å². The van der Waals surface area contributed by atoms with E-state index in [0.717, 1.165) is 28.8 Å². The summed E-state index contributed by atoms with van der Waals surface area (Å²) in [5.74, 6) is -3.24. The highest BCUT2D eigenvalue weighted by molar-refractivity contribution is 5.94. The van der Waals surface area contributed by atoms with Gasteiger partial charge in [0.1, 0.15) is 0 Å². The van der Waals surface area contributed by atoms with Crippen molar-refractivity contribution in [3.8, 4) is 5.69 Å². The van der Waals surface area contributed by atoms with Gasteiger partial charge in [-0.15, -0.1) is 0 Å². The molecule has 36 heavy (non-hydrogen) atoms. The van der Waals surface area contributed by atoms with E-state index in [1.807, 2.05) is 24.5 Å². The van der Waals surface area contributed by atoms with Gasteiger partial charge in [0.05, 0.1) is 23.8 Å². The predicted molar refractivity (Wildman–Crippen MR) is 129 cm³/mol. The Morgan fingerprint density at radius 3 is 2.61 bits per heavy atom. The summed E-state index contributed by atoms with van der Waals surface area (Å²) in [6.07, 6.45) is 2.71. The molecule has 0 bridgehead atoms. The van der Waals surface area contributed by atoms with Crippen molar-refractivity contribution >= 4 is 28.0 Å². The van der Waals surface area contributed by atoms with E-state index in [1.54, 1.807) is 13.3 Å². The number of nitrogens with zero attached hydrogens (tertiary/aromatic N) is 3. The minimum atomic E-state index is -1.76. The van der Waals surface area contributed by atoms with Crippen LogP contribution in [0.4, 0.5) is 8.78 Å². The van der Waals surface area contributed by atoms with Crippen molar-refractivity contribution in [3.05, 3.63) is 53.4 Å². The van der Waals surface area contributed by atoms with Gasteiger partial charge in [0, 0.05) is 40.9 Å². The number of aliphatic carboxylic acids is 1. The Morgan fingerprint density at radius 2 is 1.97 bits per heavy atom. The number of nitrogens with one attached hydrogen (secondary N) is 1. The van der Waals surface area contributed by atoms with Crippen LogP contribution in [-0.4, -0.2) is 55.2 Å². The summed E-state index contributed by atoms with van der Waals surface area (Å²) >= 11 is 0. The molecule has 1 aromatic carbocycles. The van der Waals surface area contributed by atoms with Crippen molar-refractivity contribution in [1.29, 1.82) is 0 Å². The van der Waals surface area contributed by atoms with E-state index < -0.39 is 28.6 Å². The van der Waals surface area contributed by atoms with Gasteiger partial charge in [0.15, 0.2) is 22.9 Å². The highest BCUT2D eigenvalue weighted by Gasteiger charge is 2.43. The first-order valence-electron chi connectivity index (χ1n) is 11.8. The third-order valence-corrected chi connectivity index (χ3v) is 7.31. The molecule has 3 aromatic heterocycles. The van der Waals surface area contributed by atoms with Crippen molar-refractivity contribution in [3.63, 3.8) is 0 Å². The van der Waals surface area contributed by atoms with E-state index in [9.17, 15) is 23.8 Å². The van der Waals surface area contributed by atoms with Crippen LogP contribution in [-0.2, 0) is 14.9 Å². The fourth-order valence-electron chi connectivity index (χ4n) is 5.56. The average Bonchev–Trinajstić information content (AvgIpc) is 3.42. The van der Waals surface area contributed by atoms with Gasteiger partial charge in [0.25, 0.3) is 0 Å². The number of methoxy groups -OCH3 is 1. The number of aromatic nitrogens is 4. The van der Waals surface area contributed by atoms with Crippen molar-refractivity contribution in [1.82, 2.24) is 19.7 Å². The van der Waals surface area contributed by atoms with Gasteiger partial charge in [-0.25, -0.2) is 18.6 Å². The SMILES string of the molecule is COCC(C)(C)c1c(C2CCC(O)(C(=O)O)CC2)c2nc3[nH]ncc3cc2n1-c1ccc(F)c(F)c1. The number of hydrogen-bond donors (Lipinski definition) is 3. The summed E-state index contributed by atoms with van der Waals surface area (Å²) < 4.78 is 35.8. The van der Waals surface area contributed by atoms with Crippen LogP contribution < -0.4 is 0 Å². The number of aromatic amines is 1. The number of hydrogen-bond acceptors (Lipinski definition) is 5. The maximum Gasteiger partial charge on any atom is 0.335 e. The number of carboxylic acids is 1. The van der Waals surface area contributed by atoms with Gasteiger partial charge in [-0.05, 0) is 49.8 Å². The second-order valence-corrected chi connectivity index (χ2v) is 10.3. The average molecular weight is 499 g/mol. The predicted octanol–water partition coefficient (Wildman–Crippen LogP) is 4.58. The van der Waals surface area contributed by atoms with E-state index >= 15 is 0 Å². The lowest BCUT2D eigenvalue weighted by atomic mass is 9.73. The van der Waals surface area contributed by atoms with Gasteiger partial charge in [-0.2, -0.15) is 5.10 Å². The van der Waals surface area contributed by atoms with Gasteiger partial charge in [-0.1, -0.05) is 13.8 Å². The zero-order valence-corrected chi connectivity index (χ0v) is 20.3. The molecule has 190 valence electrons. The first-order valence-corrected chi connectivity index (χ1v) is 11.8. The molecule has 0 atom stereocenters. The third kappa shape index (κ3) is 3.84. The lowest BCUT2D eigenvalue weighted by molar-refractivity contribution is -0.162. The number of H-pyrrole nitrogens is 1. The standard InChI is InChI=1S/C26H28F2N4O4/c1-25(2,13-36-3)22-20(14-6-8-26(35,9-7-14)24(33)34)21-19(10-15-12-29-31-23(15)30-21)32(22)16-4-5-17(27)18(28)11-16/h4-5,10-12,14,35H,6-9,13H2,1-3H3,(H,33,34)(H,29,30,31). The lowest BCUT2D eigenvalue weighted by Crippen LogP contribution is -2.42. The molecular formula is C26H28F2N4O4. The zero-order chi connectivity index (χ0) is 25.8. The fraction of sp³-hybridized carbons (Fsp3) is 0.423. The fourth-order valence-corrected chi connectivity index (χ4v) is 5.56. The molecule has 1 saturated carbocycles. The molecule has 1 fully saturated rings. The molecule has 1 aliphatic rings. The molecule has 0 aliphatic heterocycles. The molecular weight excluding hydrogens is 470 g/mol. The molecule has 0 amide bonds. The van der Waals surface area contributed by atoms with Crippen LogP contribution in [0.15, 0.2) is 30.5 Å². The molecule has 5 rings (SSSR count). The second-order valence-electron chi connectivity index (χ2n) is 10.3. The summed E-state index contributed by atoms with van der Waals surface area (Å²) in [5.41, 5.74) is 1.75. The number of carbonyl (C=O) groups is 1. The Labute approximate surface area is 205 Å². The molecule has 3 heterocycles. The third-order valence-electron chi connectivity index (χ3n) is 7.31. The topological polar surface area (TPSA) is 113 Å². The Morgan fingerprint density at radius 1 is 1.25 bits per heavy atom. The first kappa shape index (κ1) is 24.3. The van der Waals surface area contributed by atoms with Crippen LogP contribution >= 0.6 is 0 Å². The Hall–Kier alpha value is -3.37. The molecule has 10 heteroatoms. The van der Waals surface area contributed by atoms with Crippen LogP contribution in [0.25, 0.3) is 27.8 Å². The summed E-state index contributed by atoms with van der Waals surface area (Å²) in [7, 11) is 1.60. The second kappa shape index (κ2) is 8.63. The number of aliphatic hydroxyl groups is 1. The van der Waals surface area contributed by atoms with Gasteiger partial charge < -0.3 is 19.5 Å². The van der Waals surface area contributed by atoms with Crippen LogP contribution in [0.3, 0.4) is 0 Å². The van der Waals surface area contributed by atoms with E-state index in [-0.39, 0.29) is 18.8 Å². The Kier molecular flexibility index (Phi) is 5.83. The van der Waals surface area contributed by atoms with E-state index in [0.29, 0.717) is 41.8 Å². The Bertz CT molecular complexity index is 1470.